The van der Waals surface area contributed by atoms with Crippen LogP contribution in [0.4, 0.5) is 8.78 Å². The van der Waals surface area contributed by atoms with Crippen LogP contribution in [0.1, 0.15) is 22.5 Å². The molecule has 0 saturated carbocycles. The Morgan fingerprint density at radius 3 is 2.57 bits per heavy atom. The molecule has 76 valence electrons. The monoisotopic (exact) mass is 204 g/mol. The van der Waals surface area contributed by atoms with E-state index in [0.29, 0.717) is 0 Å². The highest BCUT2D eigenvalue weighted by atomic mass is 19.3. The molecule has 0 bridgehead atoms. The van der Waals surface area contributed by atoms with Crippen molar-refractivity contribution in [2.45, 2.75) is 6.43 Å². The minimum absolute atomic E-state index is 0.692. The molecule has 0 spiro atoms. The first-order valence-electron chi connectivity index (χ1n) is 3.47. The number of carbonyl (C=O) groups is 1. The number of nitrogens with one attached hydrogen (secondary N) is 1. The van der Waals surface area contributed by atoms with Crippen LogP contribution in [0.2, 0.25) is 0 Å². The van der Waals surface area contributed by atoms with Crippen LogP contribution in [-0.4, -0.2) is 16.0 Å². The number of aromatic hydroxyl groups is 1. The second-order valence-corrected chi connectivity index (χ2v) is 2.46. The van der Waals surface area contributed by atoms with E-state index in [1.54, 1.807) is 0 Å². The van der Waals surface area contributed by atoms with Crippen molar-refractivity contribution in [3.8, 4) is 5.75 Å². The molecule has 0 aliphatic carbocycles. The van der Waals surface area contributed by atoms with E-state index in [1.165, 1.54) is 0 Å². The largest absolute Gasteiger partial charge is 0.503 e. The van der Waals surface area contributed by atoms with E-state index in [-0.39, 0.29) is 0 Å². The SMILES string of the molecule is NC(=O)c1[nH]cc(O)c(=O)c1C(F)F. The third-order valence-corrected chi connectivity index (χ3v) is 1.56. The number of amides is 1. The molecule has 0 unspecified atom stereocenters. The molecule has 5 nitrogen and oxygen atoms in total. The summed E-state index contributed by atoms with van der Waals surface area (Å²) >= 11 is 0. The second-order valence-electron chi connectivity index (χ2n) is 2.46. The summed E-state index contributed by atoms with van der Waals surface area (Å²) in [5.74, 6) is -2.07. The van der Waals surface area contributed by atoms with Crippen molar-refractivity contribution in [2.75, 3.05) is 0 Å². The highest BCUT2D eigenvalue weighted by molar-refractivity contribution is 5.92. The molecule has 0 saturated heterocycles. The zero-order chi connectivity index (χ0) is 10.9. The van der Waals surface area contributed by atoms with Gasteiger partial charge in [-0.25, -0.2) is 8.78 Å². The van der Waals surface area contributed by atoms with Gasteiger partial charge in [-0.1, -0.05) is 0 Å². The van der Waals surface area contributed by atoms with Crippen LogP contribution in [0.25, 0.3) is 0 Å². The van der Waals surface area contributed by atoms with Crippen LogP contribution in [-0.2, 0) is 0 Å². The predicted molar refractivity (Wildman–Crippen MR) is 42.2 cm³/mol. The Bertz CT molecular complexity index is 427. The topological polar surface area (TPSA) is 96.2 Å². The molecular formula is C7H6F2N2O3. The van der Waals surface area contributed by atoms with Crippen molar-refractivity contribution in [1.29, 1.82) is 0 Å². The summed E-state index contributed by atoms with van der Waals surface area (Å²) in [4.78, 5) is 23.6. The molecule has 14 heavy (non-hydrogen) atoms. The van der Waals surface area contributed by atoms with E-state index in [0.717, 1.165) is 6.20 Å². The Morgan fingerprint density at radius 2 is 2.14 bits per heavy atom. The number of aromatic amines is 1. The van der Waals surface area contributed by atoms with Crippen LogP contribution in [0, 0.1) is 0 Å². The zero-order valence-electron chi connectivity index (χ0n) is 6.75. The quantitative estimate of drug-likeness (QED) is 0.638. The maximum atomic E-state index is 12.3. The molecule has 0 aliphatic heterocycles. The Hall–Kier alpha value is -1.92. The Labute approximate surface area is 76.2 Å². The lowest BCUT2D eigenvalue weighted by Gasteiger charge is -2.04. The maximum Gasteiger partial charge on any atom is 0.269 e. The van der Waals surface area contributed by atoms with Gasteiger partial charge >= 0.3 is 0 Å². The molecule has 0 fully saturated rings. The number of hydrogen-bond acceptors (Lipinski definition) is 3. The fraction of sp³-hybridized carbons (Fsp3) is 0.143. The van der Waals surface area contributed by atoms with Crippen molar-refractivity contribution < 1.29 is 18.7 Å². The number of halogens is 2. The molecule has 7 heteroatoms. The van der Waals surface area contributed by atoms with E-state index in [2.05, 4.69) is 0 Å². The summed E-state index contributed by atoms with van der Waals surface area (Å²) in [6.45, 7) is 0. The van der Waals surface area contributed by atoms with Crippen LogP contribution in [0.3, 0.4) is 0 Å². The van der Waals surface area contributed by atoms with Crippen LogP contribution in [0.5, 0.6) is 5.75 Å². The van der Waals surface area contributed by atoms with Crippen LogP contribution in [0.15, 0.2) is 11.0 Å². The Balaban J connectivity index is 3.54. The number of aromatic nitrogens is 1. The smallest absolute Gasteiger partial charge is 0.269 e. The average Bonchev–Trinajstić information content (AvgIpc) is 2.08. The van der Waals surface area contributed by atoms with Gasteiger partial charge in [0.2, 0.25) is 5.43 Å². The molecule has 1 rings (SSSR count). The molecular weight excluding hydrogens is 198 g/mol. The van der Waals surface area contributed by atoms with Crippen LogP contribution < -0.4 is 11.2 Å². The number of H-pyrrole nitrogens is 1. The summed E-state index contributed by atoms with van der Waals surface area (Å²) < 4.78 is 24.6. The average molecular weight is 204 g/mol. The lowest BCUT2D eigenvalue weighted by Crippen LogP contribution is -2.22. The number of rotatable bonds is 2. The van der Waals surface area contributed by atoms with Crippen molar-refractivity contribution >= 4 is 5.91 Å². The third-order valence-electron chi connectivity index (χ3n) is 1.56. The van der Waals surface area contributed by atoms with Gasteiger partial charge in [-0.05, 0) is 0 Å². The van der Waals surface area contributed by atoms with Gasteiger partial charge in [0.25, 0.3) is 12.3 Å². The first kappa shape index (κ1) is 10.2. The highest BCUT2D eigenvalue weighted by Gasteiger charge is 2.22. The molecule has 4 N–H and O–H groups in total. The summed E-state index contributed by atoms with van der Waals surface area (Å²) in [7, 11) is 0. The van der Waals surface area contributed by atoms with E-state index in [1.807, 2.05) is 4.98 Å². The van der Waals surface area contributed by atoms with Gasteiger partial charge in [-0.2, -0.15) is 0 Å². The van der Waals surface area contributed by atoms with Gasteiger partial charge < -0.3 is 15.8 Å². The second kappa shape index (κ2) is 3.44. The summed E-state index contributed by atoms with van der Waals surface area (Å²) in [6.07, 6.45) is -2.44. The van der Waals surface area contributed by atoms with Crippen molar-refractivity contribution in [1.82, 2.24) is 4.98 Å². The highest BCUT2D eigenvalue weighted by Crippen LogP contribution is 2.19. The van der Waals surface area contributed by atoms with Gasteiger partial charge in [0.05, 0.1) is 5.56 Å². The fourth-order valence-electron chi connectivity index (χ4n) is 0.947. The van der Waals surface area contributed by atoms with Crippen LogP contribution >= 0.6 is 0 Å². The van der Waals surface area contributed by atoms with E-state index in [4.69, 9.17) is 10.8 Å². The summed E-state index contributed by atoms with van der Waals surface area (Å²) in [5, 5.41) is 8.83. The maximum absolute atomic E-state index is 12.3. The molecule has 0 aliphatic rings. The Kier molecular flexibility index (Phi) is 2.50. The first-order valence-corrected chi connectivity index (χ1v) is 3.47. The molecule has 0 radical (unpaired) electrons. The molecule has 0 atom stereocenters. The third kappa shape index (κ3) is 1.56. The zero-order valence-corrected chi connectivity index (χ0v) is 6.75. The lowest BCUT2D eigenvalue weighted by molar-refractivity contribution is 0.0979. The molecule has 0 aromatic carbocycles. The molecule has 1 heterocycles. The number of hydrogen-bond donors (Lipinski definition) is 3. The lowest BCUT2D eigenvalue weighted by atomic mass is 10.2. The van der Waals surface area contributed by atoms with Crippen molar-refractivity contribution in [2.24, 2.45) is 5.73 Å². The minimum atomic E-state index is -3.17. The first-order chi connectivity index (χ1) is 6.45. The van der Waals surface area contributed by atoms with Crippen molar-refractivity contribution in [3.63, 3.8) is 0 Å². The summed E-state index contributed by atoms with van der Waals surface area (Å²) in [6, 6.07) is 0. The molecule has 1 aromatic rings. The standard InChI is InChI=1S/C7H6F2N2O3/c8-6(9)3-4(7(10)14)11-1-2(12)5(3)13/h1,6,12H,(H2,10,14)(H,11,13). The van der Waals surface area contributed by atoms with E-state index >= 15 is 0 Å². The number of pyridine rings is 1. The van der Waals surface area contributed by atoms with E-state index in [9.17, 15) is 18.4 Å². The van der Waals surface area contributed by atoms with E-state index < -0.39 is 34.8 Å². The van der Waals surface area contributed by atoms with Crippen molar-refractivity contribution in [3.05, 3.63) is 27.7 Å². The van der Waals surface area contributed by atoms with Gasteiger partial charge in [0.15, 0.2) is 5.75 Å². The predicted octanol–water partition coefficient (Wildman–Crippen LogP) is 0.117. The fourth-order valence-corrected chi connectivity index (χ4v) is 0.947. The van der Waals surface area contributed by atoms with Gasteiger partial charge in [0.1, 0.15) is 5.69 Å². The minimum Gasteiger partial charge on any atom is -0.503 e. The number of primary amides is 1. The number of carbonyl (C=O) groups excluding carboxylic acids is 1. The normalized spacial score (nSPS) is 10.5. The van der Waals surface area contributed by atoms with Gasteiger partial charge in [-0.15, -0.1) is 0 Å². The molecule has 1 amide bonds. The van der Waals surface area contributed by atoms with Gasteiger partial charge in [0, 0.05) is 6.20 Å². The Morgan fingerprint density at radius 1 is 1.57 bits per heavy atom. The molecule has 1 aromatic heterocycles. The van der Waals surface area contributed by atoms with Gasteiger partial charge in [-0.3, -0.25) is 9.59 Å². The number of alkyl halides is 2. The summed E-state index contributed by atoms with van der Waals surface area (Å²) in [5.41, 5.74) is 1.64. The number of nitrogens with two attached hydrogens (primary N) is 1.